The van der Waals surface area contributed by atoms with Crippen LogP contribution in [0.1, 0.15) is 60.9 Å². The zero-order valence-electron chi connectivity index (χ0n) is 21.3. The summed E-state index contributed by atoms with van der Waals surface area (Å²) < 4.78 is 13.5. The molecule has 0 unspecified atom stereocenters. The second-order valence-corrected chi connectivity index (χ2v) is 10.3. The van der Waals surface area contributed by atoms with Gasteiger partial charge in [-0.2, -0.15) is 5.10 Å². The van der Waals surface area contributed by atoms with Gasteiger partial charge in [0.25, 0.3) is 5.91 Å². The molecule has 3 heterocycles. The summed E-state index contributed by atoms with van der Waals surface area (Å²) in [5.74, 6) is 2.30. The van der Waals surface area contributed by atoms with Gasteiger partial charge < -0.3 is 25.4 Å². The van der Waals surface area contributed by atoms with Crippen molar-refractivity contribution in [2.75, 3.05) is 39.2 Å². The van der Waals surface area contributed by atoms with Crippen molar-refractivity contribution in [3.8, 4) is 22.8 Å². The smallest absolute Gasteiger partial charge is 0.254 e. The molecule has 2 aliphatic heterocycles. The first-order valence-corrected chi connectivity index (χ1v) is 12.7. The van der Waals surface area contributed by atoms with Crippen molar-refractivity contribution in [1.29, 1.82) is 0 Å². The third-order valence-corrected chi connectivity index (χ3v) is 8.20. The number of nitrogens with one attached hydrogen (secondary N) is 1. The number of carbonyl (C=O) groups excluding carboxylic acids is 2. The van der Waals surface area contributed by atoms with E-state index in [-0.39, 0.29) is 11.4 Å². The van der Waals surface area contributed by atoms with E-state index in [2.05, 4.69) is 18.8 Å². The number of carbonyl (C=O) groups is 2. The number of rotatable bonds is 7. The topological polar surface area (TPSA) is 112 Å². The third kappa shape index (κ3) is 3.90. The quantitative estimate of drug-likeness (QED) is 0.571. The lowest BCUT2D eigenvalue weighted by Gasteiger charge is -2.45. The highest BCUT2D eigenvalue weighted by Gasteiger charge is 2.44. The molecule has 192 valence electrons. The Hall–Kier alpha value is -3.49. The number of amides is 2. The zero-order valence-corrected chi connectivity index (χ0v) is 21.3. The van der Waals surface area contributed by atoms with E-state index in [0.29, 0.717) is 48.5 Å². The number of fused-ring (bicyclic) bond motifs is 1. The molecule has 2 fully saturated rings. The standard InChI is InChI=1S/C27H35N5O4/c1-5-21(33)31-12-8-18(9-13-31)27(2)10-11-29-26-23(25(28)34)24(30-32(26)27)17-14-19(35-3)22(16-6-7-16)20(15-17)36-4/h5,14-16,18,29H,1,6-13H2,2-4H3,(H2,28,34)/t27-/m1/s1. The maximum Gasteiger partial charge on any atom is 0.254 e. The Balaban J connectivity index is 1.57. The van der Waals surface area contributed by atoms with E-state index in [0.717, 1.165) is 54.7 Å². The monoisotopic (exact) mass is 493 g/mol. The number of primary amides is 1. The van der Waals surface area contributed by atoms with Crippen LogP contribution in [0.2, 0.25) is 0 Å². The Bertz CT molecular complexity index is 1180. The van der Waals surface area contributed by atoms with Crippen molar-refractivity contribution >= 4 is 17.6 Å². The van der Waals surface area contributed by atoms with Gasteiger partial charge in [-0.25, -0.2) is 4.68 Å². The normalized spacial score (nSPS) is 21.9. The van der Waals surface area contributed by atoms with Gasteiger partial charge in [0.2, 0.25) is 5.91 Å². The maximum atomic E-state index is 12.8. The molecule has 1 saturated carbocycles. The number of likely N-dealkylation sites (tertiary alicyclic amines) is 1. The predicted octanol–water partition coefficient (Wildman–Crippen LogP) is 3.50. The van der Waals surface area contributed by atoms with E-state index in [9.17, 15) is 9.59 Å². The van der Waals surface area contributed by atoms with Crippen molar-refractivity contribution in [3.05, 3.63) is 35.9 Å². The summed E-state index contributed by atoms with van der Waals surface area (Å²) >= 11 is 0. The van der Waals surface area contributed by atoms with Crippen LogP contribution in [0.3, 0.4) is 0 Å². The Labute approximate surface area is 211 Å². The molecule has 36 heavy (non-hydrogen) atoms. The Morgan fingerprint density at radius 2 is 1.81 bits per heavy atom. The molecule has 2 aromatic rings. The molecule has 1 aromatic carbocycles. The highest BCUT2D eigenvalue weighted by atomic mass is 16.5. The van der Waals surface area contributed by atoms with Crippen molar-refractivity contribution in [2.45, 2.75) is 50.5 Å². The molecule has 2 amide bonds. The van der Waals surface area contributed by atoms with Crippen molar-refractivity contribution in [2.24, 2.45) is 11.7 Å². The van der Waals surface area contributed by atoms with Crippen LogP contribution in [-0.2, 0) is 10.3 Å². The van der Waals surface area contributed by atoms with E-state index in [1.54, 1.807) is 14.2 Å². The van der Waals surface area contributed by atoms with Crippen molar-refractivity contribution in [1.82, 2.24) is 14.7 Å². The fourth-order valence-electron chi connectivity index (χ4n) is 6.00. The number of anilines is 1. The maximum absolute atomic E-state index is 12.8. The molecular weight excluding hydrogens is 458 g/mol. The Morgan fingerprint density at radius 1 is 1.17 bits per heavy atom. The van der Waals surface area contributed by atoms with Gasteiger partial charge >= 0.3 is 0 Å². The molecule has 5 rings (SSSR count). The lowest BCUT2D eigenvalue weighted by atomic mass is 9.76. The molecule has 1 aromatic heterocycles. The third-order valence-electron chi connectivity index (χ3n) is 8.20. The largest absolute Gasteiger partial charge is 0.496 e. The summed E-state index contributed by atoms with van der Waals surface area (Å²) in [6.45, 7) is 7.89. The van der Waals surface area contributed by atoms with Gasteiger partial charge in [0.1, 0.15) is 28.6 Å². The van der Waals surface area contributed by atoms with Crippen LogP contribution in [-0.4, -0.2) is 60.3 Å². The van der Waals surface area contributed by atoms with Gasteiger partial charge in [0.15, 0.2) is 0 Å². The highest BCUT2D eigenvalue weighted by molar-refractivity contribution is 6.04. The summed E-state index contributed by atoms with van der Waals surface area (Å²) in [6.07, 6.45) is 6.16. The molecule has 1 saturated heterocycles. The number of piperidine rings is 1. The molecule has 1 atom stereocenters. The second kappa shape index (κ2) is 9.19. The molecule has 3 N–H and O–H groups in total. The van der Waals surface area contributed by atoms with E-state index >= 15 is 0 Å². The first-order valence-electron chi connectivity index (χ1n) is 12.7. The second-order valence-electron chi connectivity index (χ2n) is 10.3. The molecular formula is C27H35N5O4. The molecule has 0 spiro atoms. The lowest BCUT2D eigenvalue weighted by Crippen LogP contribution is -2.49. The fourth-order valence-corrected chi connectivity index (χ4v) is 6.00. The van der Waals surface area contributed by atoms with Crippen LogP contribution in [0.15, 0.2) is 24.8 Å². The number of nitrogens with two attached hydrogens (primary N) is 1. The number of methoxy groups -OCH3 is 2. The molecule has 3 aliphatic rings. The molecule has 1 aliphatic carbocycles. The van der Waals surface area contributed by atoms with Crippen LogP contribution in [0.5, 0.6) is 11.5 Å². The predicted molar refractivity (Wildman–Crippen MR) is 138 cm³/mol. The SMILES string of the molecule is C=CC(=O)N1CCC([C@@]2(C)CCNc3c(C(N)=O)c(-c4cc(OC)c(C5CC5)c(OC)c4)nn32)CC1. The Kier molecular flexibility index (Phi) is 6.18. The van der Waals surface area contributed by atoms with Crippen molar-refractivity contribution in [3.63, 3.8) is 0 Å². The van der Waals surface area contributed by atoms with Gasteiger partial charge in [0, 0.05) is 30.8 Å². The fraction of sp³-hybridized carbons (Fsp3) is 0.519. The average molecular weight is 494 g/mol. The molecule has 0 bridgehead atoms. The molecule has 9 nitrogen and oxygen atoms in total. The Morgan fingerprint density at radius 3 is 2.33 bits per heavy atom. The van der Waals surface area contributed by atoms with Crippen molar-refractivity contribution < 1.29 is 19.1 Å². The zero-order chi connectivity index (χ0) is 25.6. The summed E-state index contributed by atoms with van der Waals surface area (Å²) in [7, 11) is 3.30. The van der Waals surface area contributed by atoms with Gasteiger partial charge in [-0.1, -0.05) is 6.58 Å². The summed E-state index contributed by atoms with van der Waals surface area (Å²) in [5, 5.41) is 8.42. The van der Waals surface area contributed by atoms with Gasteiger partial charge in [-0.15, -0.1) is 0 Å². The summed E-state index contributed by atoms with van der Waals surface area (Å²) in [5.41, 5.74) is 8.32. The number of ether oxygens (including phenoxy) is 2. The summed E-state index contributed by atoms with van der Waals surface area (Å²) in [6, 6.07) is 3.88. The highest BCUT2D eigenvalue weighted by Crippen LogP contribution is 2.51. The lowest BCUT2D eigenvalue weighted by molar-refractivity contribution is -0.128. The van der Waals surface area contributed by atoms with Crippen LogP contribution >= 0.6 is 0 Å². The first-order chi connectivity index (χ1) is 17.3. The average Bonchev–Trinajstić information content (AvgIpc) is 3.65. The number of hydrogen-bond acceptors (Lipinski definition) is 6. The van der Waals surface area contributed by atoms with Gasteiger partial charge in [-0.05, 0) is 69.1 Å². The number of aromatic nitrogens is 2. The van der Waals surface area contributed by atoms with E-state index < -0.39 is 5.91 Å². The number of nitrogens with zero attached hydrogens (tertiary/aromatic N) is 3. The van der Waals surface area contributed by atoms with Crippen LogP contribution in [0, 0.1) is 5.92 Å². The van der Waals surface area contributed by atoms with Gasteiger partial charge in [0.05, 0.1) is 19.8 Å². The molecule has 9 heteroatoms. The van der Waals surface area contributed by atoms with Crippen LogP contribution in [0.4, 0.5) is 5.82 Å². The van der Waals surface area contributed by atoms with Crippen LogP contribution < -0.4 is 20.5 Å². The minimum absolute atomic E-state index is 0.0282. The summed E-state index contributed by atoms with van der Waals surface area (Å²) in [4.78, 5) is 26.7. The minimum Gasteiger partial charge on any atom is -0.496 e. The van der Waals surface area contributed by atoms with Crippen LogP contribution in [0.25, 0.3) is 11.3 Å². The number of benzene rings is 1. The van der Waals surface area contributed by atoms with E-state index in [1.165, 1.54) is 6.08 Å². The number of hydrogen-bond donors (Lipinski definition) is 2. The van der Waals surface area contributed by atoms with Gasteiger partial charge in [-0.3, -0.25) is 9.59 Å². The van der Waals surface area contributed by atoms with E-state index in [1.807, 2.05) is 21.7 Å². The van der Waals surface area contributed by atoms with E-state index in [4.69, 9.17) is 20.3 Å². The minimum atomic E-state index is -0.529. The molecule has 0 radical (unpaired) electrons. The first kappa shape index (κ1) is 24.2.